The number of aryl methyl sites for hydroxylation is 3. The van der Waals surface area contributed by atoms with Gasteiger partial charge in [-0.1, -0.05) is 48.9 Å². The second-order valence-electron chi connectivity index (χ2n) is 8.97. The van der Waals surface area contributed by atoms with E-state index in [1.54, 1.807) is 7.05 Å². The maximum atomic E-state index is 13.6. The van der Waals surface area contributed by atoms with E-state index in [-0.39, 0.29) is 17.8 Å². The van der Waals surface area contributed by atoms with Crippen LogP contribution in [-0.4, -0.2) is 25.2 Å². The van der Waals surface area contributed by atoms with Crippen molar-refractivity contribution in [3.05, 3.63) is 86.1 Å². The molecule has 4 aromatic rings. The minimum atomic E-state index is -0.353. The summed E-state index contributed by atoms with van der Waals surface area (Å²) < 4.78 is 4.80. The van der Waals surface area contributed by atoms with Crippen LogP contribution in [0.3, 0.4) is 0 Å². The van der Waals surface area contributed by atoms with Crippen LogP contribution in [0.4, 0.5) is 11.6 Å². The molecular formula is C25H27N5O2. The minimum Gasteiger partial charge on any atom is -0.312 e. The van der Waals surface area contributed by atoms with Crippen molar-refractivity contribution in [2.24, 2.45) is 13.0 Å². The Labute approximate surface area is 186 Å². The third kappa shape index (κ3) is 3.25. The lowest BCUT2D eigenvalue weighted by molar-refractivity contribution is 0.458. The van der Waals surface area contributed by atoms with E-state index in [0.29, 0.717) is 29.6 Å². The van der Waals surface area contributed by atoms with Crippen molar-refractivity contribution in [2.75, 3.05) is 11.4 Å². The van der Waals surface area contributed by atoms with Gasteiger partial charge < -0.3 is 9.47 Å². The quantitative estimate of drug-likeness (QED) is 0.501. The van der Waals surface area contributed by atoms with Gasteiger partial charge in [0.1, 0.15) is 0 Å². The number of anilines is 2. The van der Waals surface area contributed by atoms with E-state index in [1.807, 2.05) is 41.8 Å². The summed E-state index contributed by atoms with van der Waals surface area (Å²) in [6, 6.07) is 16.2. The molecule has 2 aromatic carbocycles. The Kier molecular flexibility index (Phi) is 4.77. The van der Waals surface area contributed by atoms with Crippen LogP contribution in [0.15, 0.2) is 58.1 Å². The molecule has 0 aliphatic carbocycles. The van der Waals surface area contributed by atoms with Crippen molar-refractivity contribution in [3.63, 3.8) is 0 Å². The molecule has 0 saturated heterocycles. The molecule has 0 N–H and O–H groups in total. The van der Waals surface area contributed by atoms with Gasteiger partial charge in [0.15, 0.2) is 11.2 Å². The van der Waals surface area contributed by atoms with Crippen LogP contribution in [0.2, 0.25) is 0 Å². The highest BCUT2D eigenvalue weighted by Crippen LogP contribution is 2.33. The van der Waals surface area contributed by atoms with Gasteiger partial charge in [0.2, 0.25) is 5.95 Å². The predicted octanol–water partition coefficient (Wildman–Crippen LogP) is 3.35. The highest BCUT2D eigenvalue weighted by atomic mass is 16.2. The number of benzene rings is 2. The van der Waals surface area contributed by atoms with E-state index < -0.39 is 0 Å². The fourth-order valence-electron chi connectivity index (χ4n) is 4.53. The van der Waals surface area contributed by atoms with Gasteiger partial charge in [-0.3, -0.25) is 13.9 Å². The fourth-order valence-corrected chi connectivity index (χ4v) is 4.53. The fraction of sp³-hybridized carbons (Fsp3) is 0.320. The predicted molar refractivity (Wildman–Crippen MR) is 127 cm³/mol. The second-order valence-corrected chi connectivity index (χ2v) is 8.97. The Morgan fingerprint density at radius 2 is 1.75 bits per heavy atom. The summed E-state index contributed by atoms with van der Waals surface area (Å²) in [5, 5.41) is 0. The Morgan fingerprint density at radius 3 is 2.47 bits per heavy atom. The van der Waals surface area contributed by atoms with Gasteiger partial charge in [0.25, 0.3) is 5.56 Å². The topological polar surface area (TPSA) is 65.1 Å². The molecule has 3 heterocycles. The van der Waals surface area contributed by atoms with Crippen molar-refractivity contribution in [1.82, 2.24) is 18.7 Å². The van der Waals surface area contributed by atoms with E-state index in [0.717, 1.165) is 28.9 Å². The first-order chi connectivity index (χ1) is 15.3. The molecule has 32 heavy (non-hydrogen) atoms. The number of nitrogens with zero attached hydrogens (tertiary/aromatic N) is 5. The smallest absolute Gasteiger partial charge is 0.312 e. The molecule has 5 rings (SSSR count). The lowest BCUT2D eigenvalue weighted by Gasteiger charge is -2.33. The Hall–Kier alpha value is -3.61. The molecule has 7 nitrogen and oxygen atoms in total. The number of hydrogen-bond acceptors (Lipinski definition) is 4. The molecule has 0 bridgehead atoms. The summed E-state index contributed by atoms with van der Waals surface area (Å²) in [5.74, 6) is 1.03. The lowest BCUT2D eigenvalue weighted by Crippen LogP contribution is -2.40. The van der Waals surface area contributed by atoms with Gasteiger partial charge in [-0.05, 0) is 43.0 Å². The van der Waals surface area contributed by atoms with Gasteiger partial charge >= 0.3 is 5.69 Å². The second kappa shape index (κ2) is 7.51. The van der Waals surface area contributed by atoms with E-state index in [4.69, 9.17) is 4.98 Å². The van der Waals surface area contributed by atoms with Gasteiger partial charge in [-0.25, -0.2) is 4.79 Å². The summed E-state index contributed by atoms with van der Waals surface area (Å²) in [5.41, 5.74) is 4.53. The van der Waals surface area contributed by atoms with Crippen LogP contribution in [0.25, 0.3) is 11.2 Å². The van der Waals surface area contributed by atoms with E-state index in [1.165, 1.54) is 9.13 Å². The van der Waals surface area contributed by atoms with Crippen molar-refractivity contribution in [3.8, 4) is 0 Å². The third-order valence-electron chi connectivity index (χ3n) is 6.22. The number of fused-ring (bicyclic) bond motifs is 3. The summed E-state index contributed by atoms with van der Waals surface area (Å²) in [6.45, 7) is 7.97. The number of aromatic nitrogens is 4. The Morgan fingerprint density at radius 1 is 1.00 bits per heavy atom. The molecule has 0 amide bonds. The van der Waals surface area contributed by atoms with Crippen molar-refractivity contribution < 1.29 is 0 Å². The van der Waals surface area contributed by atoms with Crippen LogP contribution in [0, 0.1) is 19.8 Å². The molecular weight excluding hydrogens is 402 g/mol. The molecule has 0 radical (unpaired) electrons. The largest absolute Gasteiger partial charge is 0.332 e. The van der Waals surface area contributed by atoms with Gasteiger partial charge in [-0.2, -0.15) is 4.98 Å². The summed E-state index contributed by atoms with van der Waals surface area (Å²) in [6.07, 6.45) is 0. The Bertz CT molecular complexity index is 1440. The number of rotatable bonds is 3. The average molecular weight is 430 g/mol. The van der Waals surface area contributed by atoms with E-state index >= 15 is 0 Å². The van der Waals surface area contributed by atoms with Crippen molar-refractivity contribution in [2.45, 2.75) is 33.9 Å². The molecule has 1 aliphatic heterocycles. The maximum absolute atomic E-state index is 13.6. The third-order valence-corrected chi connectivity index (χ3v) is 6.22. The first-order valence-electron chi connectivity index (χ1n) is 10.9. The monoisotopic (exact) mass is 429 g/mol. The molecule has 1 atom stereocenters. The lowest BCUT2D eigenvalue weighted by atomic mass is 10.1. The van der Waals surface area contributed by atoms with Gasteiger partial charge in [0.05, 0.1) is 6.54 Å². The van der Waals surface area contributed by atoms with Crippen LogP contribution < -0.4 is 16.1 Å². The number of hydrogen-bond donors (Lipinski definition) is 0. The molecule has 0 spiro atoms. The molecule has 2 aromatic heterocycles. The molecule has 0 unspecified atom stereocenters. The zero-order valence-electron chi connectivity index (χ0n) is 18.9. The highest BCUT2D eigenvalue weighted by Gasteiger charge is 2.29. The first kappa shape index (κ1) is 20.3. The number of imidazole rings is 1. The van der Waals surface area contributed by atoms with Gasteiger partial charge in [-0.15, -0.1) is 0 Å². The summed E-state index contributed by atoms with van der Waals surface area (Å²) in [7, 11) is 1.69. The van der Waals surface area contributed by atoms with Gasteiger partial charge in [0, 0.05) is 25.8 Å². The Balaban J connectivity index is 1.72. The standard InChI is InChI=1S/C25H27N5O2/c1-16-8-10-19(11-9-16)15-30-23(31)21-22(27(4)25(30)32)26-24-28(13-18(3)14-29(21)24)20-7-5-6-17(2)12-20/h5-12,18H,13-15H2,1-4H3/t18-/m1/s1. The van der Waals surface area contributed by atoms with Crippen LogP contribution in [0.1, 0.15) is 23.6 Å². The molecule has 7 heteroatoms. The van der Waals surface area contributed by atoms with Crippen LogP contribution >= 0.6 is 0 Å². The molecule has 1 aliphatic rings. The SMILES string of the molecule is Cc1ccc(Cn2c(=O)c3c(nc4n3C[C@H](C)CN4c3cccc(C)c3)n(C)c2=O)cc1. The zero-order chi connectivity index (χ0) is 22.6. The highest BCUT2D eigenvalue weighted by molar-refractivity contribution is 5.77. The average Bonchev–Trinajstić information content (AvgIpc) is 3.15. The normalized spacial score (nSPS) is 15.9. The molecule has 0 saturated carbocycles. The summed E-state index contributed by atoms with van der Waals surface area (Å²) >= 11 is 0. The maximum Gasteiger partial charge on any atom is 0.332 e. The van der Waals surface area contributed by atoms with Crippen molar-refractivity contribution >= 4 is 22.8 Å². The molecule has 164 valence electrons. The van der Waals surface area contributed by atoms with Crippen LogP contribution in [0.5, 0.6) is 0 Å². The molecule has 0 fully saturated rings. The zero-order valence-corrected chi connectivity index (χ0v) is 18.9. The van der Waals surface area contributed by atoms with E-state index in [2.05, 4.69) is 36.9 Å². The minimum absolute atomic E-state index is 0.236. The van der Waals surface area contributed by atoms with E-state index in [9.17, 15) is 9.59 Å². The van der Waals surface area contributed by atoms with Crippen LogP contribution in [-0.2, 0) is 20.1 Å². The van der Waals surface area contributed by atoms with Crippen molar-refractivity contribution in [1.29, 1.82) is 0 Å². The summed E-state index contributed by atoms with van der Waals surface area (Å²) in [4.78, 5) is 33.6. The first-order valence-corrected chi connectivity index (χ1v) is 10.9.